The van der Waals surface area contributed by atoms with Gasteiger partial charge in [-0.2, -0.15) is 0 Å². The van der Waals surface area contributed by atoms with E-state index >= 15 is 0 Å². The second-order valence-electron chi connectivity index (χ2n) is 9.99. The molecule has 218 valence electrons. The van der Waals surface area contributed by atoms with Crippen molar-refractivity contribution < 1.29 is 42.6 Å². The van der Waals surface area contributed by atoms with Crippen LogP contribution in [0.5, 0.6) is 5.75 Å². The Hall–Kier alpha value is -3.90. The van der Waals surface area contributed by atoms with E-state index in [0.717, 1.165) is 4.90 Å². The van der Waals surface area contributed by atoms with E-state index in [1.807, 2.05) is 0 Å². The van der Waals surface area contributed by atoms with Crippen molar-refractivity contribution in [2.24, 2.45) is 0 Å². The Morgan fingerprint density at radius 3 is 2.03 bits per heavy atom. The number of alkyl carbamates (subject to hydrolysis) is 1. The van der Waals surface area contributed by atoms with E-state index in [-0.39, 0.29) is 12.2 Å². The van der Waals surface area contributed by atoms with Crippen molar-refractivity contribution in [1.29, 1.82) is 0 Å². The first-order chi connectivity index (χ1) is 18.0. The molecule has 0 unspecified atom stereocenters. The lowest BCUT2D eigenvalue weighted by Gasteiger charge is -2.31. The van der Waals surface area contributed by atoms with Crippen LogP contribution in [0.1, 0.15) is 47.1 Å². The topological polar surface area (TPSA) is 152 Å². The number of hydrogen-bond donors (Lipinski definition) is 3. The minimum atomic E-state index is -1.19. The second-order valence-corrected chi connectivity index (χ2v) is 9.99. The number of methoxy groups -OCH3 is 2. The molecule has 0 radical (unpaired) electrons. The molecule has 1 aromatic carbocycles. The molecule has 1 aromatic rings. The molecule has 0 saturated heterocycles. The summed E-state index contributed by atoms with van der Waals surface area (Å²) in [7, 11) is 3.83. The van der Waals surface area contributed by atoms with Gasteiger partial charge in [0.25, 0.3) is 0 Å². The fourth-order valence-electron chi connectivity index (χ4n) is 3.42. The molecule has 0 aromatic heterocycles. The average Bonchev–Trinajstić information content (AvgIpc) is 2.84. The van der Waals surface area contributed by atoms with Crippen LogP contribution in [-0.2, 0) is 35.1 Å². The molecule has 0 aliphatic rings. The number of nitrogens with zero attached hydrogens (tertiary/aromatic N) is 1. The van der Waals surface area contributed by atoms with Gasteiger partial charge in [-0.3, -0.25) is 14.4 Å². The van der Waals surface area contributed by atoms with E-state index in [4.69, 9.17) is 9.47 Å². The van der Waals surface area contributed by atoms with Gasteiger partial charge in [0.05, 0.1) is 14.2 Å². The van der Waals surface area contributed by atoms with Gasteiger partial charge < -0.3 is 35.1 Å². The zero-order chi connectivity index (χ0) is 30.1. The van der Waals surface area contributed by atoms with Gasteiger partial charge >= 0.3 is 12.1 Å². The molecule has 13 heteroatoms. The van der Waals surface area contributed by atoms with Crippen LogP contribution in [0.3, 0.4) is 0 Å². The first kappa shape index (κ1) is 33.1. The predicted octanol–water partition coefficient (Wildman–Crippen LogP) is 1.30. The SMILES string of the molecule is COC(=O)[C@H](C)NC(=O)[C@H](Cc1ccc(OC)c(F)c1)N(C)C(=O)[C@H](C)NC(=O)[C@@H](C)NC(=O)OC(C)(C)C. The Morgan fingerprint density at radius 2 is 1.51 bits per heavy atom. The standard InChI is InChI=1S/C26H39FN4O8/c1-14(30-25(36)39-26(4,5)6)21(32)28-15(2)23(34)31(7)19(22(33)29-16(3)24(35)38-9)13-17-10-11-20(37-8)18(27)12-17/h10-12,14-16,19H,13H2,1-9H3,(H,28,32)(H,29,33)(H,30,36)/t14-,15+,16+,19+/m1/s1. The van der Waals surface area contributed by atoms with Crippen molar-refractivity contribution >= 4 is 29.8 Å². The lowest BCUT2D eigenvalue weighted by atomic mass is 10.0. The quantitative estimate of drug-likeness (QED) is 0.346. The van der Waals surface area contributed by atoms with Crippen LogP contribution in [0.25, 0.3) is 0 Å². The molecule has 0 bridgehead atoms. The summed E-state index contributed by atoms with van der Waals surface area (Å²) in [6, 6.07) is -0.225. The lowest BCUT2D eigenvalue weighted by Crippen LogP contribution is -2.57. The van der Waals surface area contributed by atoms with Gasteiger partial charge in [-0.05, 0) is 59.2 Å². The smallest absolute Gasteiger partial charge is 0.408 e. The van der Waals surface area contributed by atoms with Crippen LogP contribution in [-0.4, -0.2) is 85.7 Å². The molecule has 39 heavy (non-hydrogen) atoms. The summed E-state index contributed by atoms with van der Waals surface area (Å²) in [5.41, 5.74) is -0.384. The first-order valence-electron chi connectivity index (χ1n) is 12.3. The summed E-state index contributed by atoms with van der Waals surface area (Å²) in [5, 5.41) is 7.37. The zero-order valence-corrected chi connectivity index (χ0v) is 23.8. The molecule has 4 atom stereocenters. The van der Waals surface area contributed by atoms with Crippen LogP contribution in [0.2, 0.25) is 0 Å². The summed E-state index contributed by atoms with van der Waals surface area (Å²) in [5.74, 6) is -3.34. The van der Waals surface area contributed by atoms with E-state index in [1.165, 1.54) is 54.2 Å². The molecule has 0 aliphatic heterocycles. The number of halogens is 1. The maximum Gasteiger partial charge on any atom is 0.408 e. The van der Waals surface area contributed by atoms with E-state index in [9.17, 15) is 28.4 Å². The van der Waals surface area contributed by atoms with Gasteiger partial charge in [0, 0.05) is 13.5 Å². The number of esters is 1. The molecule has 0 fully saturated rings. The van der Waals surface area contributed by atoms with Crippen molar-refractivity contribution in [3.63, 3.8) is 0 Å². The molecule has 1 rings (SSSR count). The van der Waals surface area contributed by atoms with E-state index < -0.39 is 65.4 Å². The maximum atomic E-state index is 14.3. The third-order valence-corrected chi connectivity index (χ3v) is 5.53. The second kappa shape index (κ2) is 14.3. The van der Waals surface area contributed by atoms with Crippen molar-refractivity contribution in [1.82, 2.24) is 20.9 Å². The van der Waals surface area contributed by atoms with Gasteiger partial charge in [-0.25, -0.2) is 14.0 Å². The number of likely N-dealkylation sites (N-methyl/N-ethyl adjacent to an activating group) is 1. The number of carbonyl (C=O) groups is 5. The number of benzene rings is 1. The van der Waals surface area contributed by atoms with E-state index in [0.29, 0.717) is 5.56 Å². The molecule has 12 nitrogen and oxygen atoms in total. The van der Waals surface area contributed by atoms with Gasteiger partial charge in [-0.15, -0.1) is 0 Å². The Balaban J connectivity index is 3.06. The van der Waals surface area contributed by atoms with Crippen LogP contribution in [0, 0.1) is 5.82 Å². The third kappa shape index (κ3) is 10.4. The highest BCUT2D eigenvalue weighted by atomic mass is 19.1. The van der Waals surface area contributed by atoms with E-state index in [1.54, 1.807) is 26.8 Å². The van der Waals surface area contributed by atoms with Crippen LogP contribution in [0.4, 0.5) is 9.18 Å². The number of nitrogens with one attached hydrogen (secondary N) is 3. The van der Waals surface area contributed by atoms with Crippen molar-refractivity contribution in [3.05, 3.63) is 29.6 Å². The van der Waals surface area contributed by atoms with Gasteiger partial charge in [0.2, 0.25) is 17.7 Å². The molecule has 3 N–H and O–H groups in total. The lowest BCUT2D eigenvalue weighted by molar-refractivity contribution is -0.146. The molecule has 0 heterocycles. The first-order valence-corrected chi connectivity index (χ1v) is 12.3. The van der Waals surface area contributed by atoms with Crippen LogP contribution in [0.15, 0.2) is 18.2 Å². The van der Waals surface area contributed by atoms with Gasteiger partial charge in [0.1, 0.15) is 29.8 Å². The van der Waals surface area contributed by atoms with Gasteiger partial charge in [-0.1, -0.05) is 6.07 Å². The van der Waals surface area contributed by atoms with Crippen molar-refractivity contribution in [3.8, 4) is 5.75 Å². The number of ether oxygens (including phenoxy) is 3. The van der Waals surface area contributed by atoms with Crippen molar-refractivity contribution in [2.75, 3.05) is 21.3 Å². The fraction of sp³-hybridized carbons (Fsp3) is 0.577. The molecular weight excluding hydrogens is 515 g/mol. The van der Waals surface area contributed by atoms with Gasteiger partial charge in [0.15, 0.2) is 11.6 Å². The summed E-state index contributed by atoms with van der Waals surface area (Å²) in [6.07, 6.45) is -0.912. The predicted molar refractivity (Wildman–Crippen MR) is 139 cm³/mol. The Kier molecular flexibility index (Phi) is 12.2. The summed E-state index contributed by atoms with van der Waals surface area (Å²) in [4.78, 5) is 63.8. The Labute approximate surface area is 227 Å². The minimum Gasteiger partial charge on any atom is -0.494 e. The highest BCUT2D eigenvalue weighted by molar-refractivity contribution is 5.94. The third-order valence-electron chi connectivity index (χ3n) is 5.53. The minimum absolute atomic E-state index is 0.00828. The largest absolute Gasteiger partial charge is 0.494 e. The Morgan fingerprint density at radius 1 is 0.923 bits per heavy atom. The summed E-state index contributed by atoms with van der Waals surface area (Å²) in [6.45, 7) is 9.27. The van der Waals surface area contributed by atoms with E-state index in [2.05, 4.69) is 20.7 Å². The summed E-state index contributed by atoms with van der Waals surface area (Å²) < 4.78 is 29.0. The highest BCUT2D eigenvalue weighted by Crippen LogP contribution is 2.20. The monoisotopic (exact) mass is 554 g/mol. The normalized spacial score (nSPS) is 14.1. The maximum absolute atomic E-state index is 14.3. The highest BCUT2D eigenvalue weighted by Gasteiger charge is 2.33. The fourth-order valence-corrected chi connectivity index (χ4v) is 3.42. The molecule has 0 spiro atoms. The summed E-state index contributed by atoms with van der Waals surface area (Å²) >= 11 is 0. The molecule has 0 aliphatic carbocycles. The van der Waals surface area contributed by atoms with Crippen LogP contribution >= 0.6 is 0 Å². The average molecular weight is 555 g/mol. The number of hydrogen-bond acceptors (Lipinski definition) is 8. The van der Waals surface area contributed by atoms with Crippen LogP contribution < -0.4 is 20.7 Å². The zero-order valence-electron chi connectivity index (χ0n) is 23.8. The molecule has 4 amide bonds. The molecular formula is C26H39FN4O8. The van der Waals surface area contributed by atoms with Crippen molar-refractivity contribution in [2.45, 2.75) is 77.7 Å². The number of amides is 4. The number of rotatable bonds is 11. The number of carbonyl (C=O) groups excluding carboxylic acids is 5. The molecule has 0 saturated carbocycles. The Bertz CT molecular complexity index is 1060.